The summed E-state index contributed by atoms with van der Waals surface area (Å²) < 4.78 is 6.56. The molecular formula is C7H7N3O. The Labute approximate surface area is 63.5 Å². The van der Waals surface area contributed by atoms with Gasteiger partial charge in [-0.2, -0.15) is 0 Å². The van der Waals surface area contributed by atoms with Gasteiger partial charge in [0.1, 0.15) is 6.26 Å². The highest BCUT2D eigenvalue weighted by atomic mass is 16.5. The van der Waals surface area contributed by atoms with Crippen LogP contribution >= 0.6 is 0 Å². The molecule has 0 aliphatic heterocycles. The third kappa shape index (κ3) is 1.02. The zero-order valence-electron chi connectivity index (χ0n) is 6.06. The molecule has 0 spiro atoms. The minimum atomic E-state index is 0.883. The van der Waals surface area contributed by atoms with Gasteiger partial charge in [0.05, 0.1) is 23.8 Å². The SMILES string of the molecule is Cn1cnc(-c2cnoc2)c1. The van der Waals surface area contributed by atoms with Crippen molar-refractivity contribution >= 4 is 0 Å². The molecule has 0 aliphatic carbocycles. The van der Waals surface area contributed by atoms with E-state index < -0.39 is 0 Å². The standard InChI is InChI=1S/C7H7N3O/c1-10-3-7(8-5-10)6-2-9-11-4-6/h2-5H,1H3. The minimum absolute atomic E-state index is 0.883. The summed E-state index contributed by atoms with van der Waals surface area (Å²) in [6.07, 6.45) is 6.86. The molecule has 0 amide bonds. The molecule has 0 aliphatic rings. The summed E-state index contributed by atoms with van der Waals surface area (Å²) in [6, 6.07) is 0. The first kappa shape index (κ1) is 6.15. The fraction of sp³-hybridized carbons (Fsp3) is 0.143. The Morgan fingerprint density at radius 3 is 3.00 bits per heavy atom. The summed E-state index contributed by atoms with van der Waals surface area (Å²) in [6.45, 7) is 0. The maximum absolute atomic E-state index is 4.68. The van der Waals surface area contributed by atoms with Crippen LogP contribution in [0.4, 0.5) is 0 Å². The Morgan fingerprint density at radius 1 is 1.55 bits per heavy atom. The third-order valence-electron chi connectivity index (χ3n) is 1.43. The molecule has 0 fully saturated rings. The molecule has 4 nitrogen and oxygen atoms in total. The Bertz CT molecular complexity index is 336. The number of aromatic nitrogens is 3. The molecule has 0 saturated carbocycles. The van der Waals surface area contributed by atoms with E-state index >= 15 is 0 Å². The quantitative estimate of drug-likeness (QED) is 0.609. The van der Waals surface area contributed by atoms with Crippen molar-refractivity contribution in [2.45, 2.75) is 0 Å². The molecule has 0 N–H and O–H groups in total. The number of hydrogen-bond donors (Lipinski definition) is 0. The van der Waals surface area contributed by atoms with Crippen LogP contribution in [-0.2, 0) is 7.05 Å². The van der Waals surface area contributed by atoms with Crippen molar-refractivity contribution in [3.63, 3.8) is 0 Å². The molecule has 56 valence electrons. The highest BCUT2D eigenvalue weighted by Gasteiger charge is 2.01. The summed E-state index contributed by atoms with van der Waals surface area (Å²) in [5.41, 5.74) is 1.79. The van der Waals surface area contributed by atoms with Gasteiger partial charge in [-0.1, -0.05) is 5.16 Å². The highest BCUT2D eigenvalue weighted by Crippen LogP contribution is 2.14. The van der Waals surface area contributed by atoms with Crippen LogP contribution in [0.1, 0.15) is 0 Å². The Morgan fingerprint density at radius 2 is 2.45 bits per heavy atom. The number of rotatable bonds is 1. The molecule has 0 aromatic carbocycles. The van der Waals surface area contributed by atoms with Gasteiger partial charge in [-0.25, -0.2) is 4.98 Å². The molecule has 2 aromatic rings. The van der Waals surface area contributed by atoms with Gasteiger partial charge in [0.15, 0.2) is 0 Å². The van der Waals surface area contributed by atoms with Crippen molar-refractivity contribution in [1.29, 1.82) is 0 Å². The van der Waals surface area contributed by atoms with Crippen LogP contribution in [0.5, 0.6) is 0 Å². The monoisotopic (exact) mass is 149 g/mol. The second kappa shape index (κ2) is 2.23. The summed E-state index contributed by atoms with van der Waals surface area (Å²) in [7, 11) is 1.92. The summed E-state index contributed by atoms with van der Waals surface area (Å²) >= 11 is 0. The van der Waals surface area contributed by atoms with Crippen LogP contribution in [0.2, 0.25) is 0 Å². The van der Waals surface area contributed by atoms with E-state index in [9.17, 15) is 0 Å². The molecule has 2 heterocycles. The van der Waals surface area contributed by atoms with E-state index in [0.717, 1.165) is 11.3 Å². The first-order valence-corrected chi connectivity index (χ1v) is 3.24. The summed E-state index contributed by atoms with van der Waals surface area (Å²) in [4.78, 5) is 4.12. The summed E-state index contributed by atoms with van der Waals surface area (Å²) in [5.74, 6) is 0. The molecule has 11 heavy (non-hydrogen) atoms. The zero-order valence-corrected chi connectivity index (χ0v) is 6.06. The molecule has 0 radical (unpaired) electrons. The number of imidazole rings is 1. The fourth-order valence-electron chi connectivity index (χ4n) is 0.893. The smallest absolute Gasteiger partial charge is 0.133 e. The van der Waals surface area contributed by atoms with Gasteiger partial charge in [-0.3, -0.25) is 0 Å². The van der Waals surface area contributed by atoms with E-state index in [-0.39, 0.29) is 0 Å². The normalized spacial score (nSPS) is 10.3. The number of nitrogens with zero attached hydrogens (tertiary/aromatic N) is 3. The van der Waals surface area contributed by atoms with Crippen LogP contribution in [0.25, 0.3) is 11.3 Å². The topological polar surface area (TPSA) is 43.9 Å². The predicted molar refractivity (Wildman–Crippen MR) is 38.7 cm³/mol. The van der Waals surface area contributed by atoms with Crippen LogP contribution in [0, 0.1) is 0 Å². The first-order valence-electron chi connectivity index (χ1n) is 3.24. The molecule has 2 rings (SSSR count). The van der Waals surface area contributed by atoms with Crippen LogP contribution < -0.4 is 0 Å². The average Bonchev–Trinajstić information content (AvgIpc) is 2.55. The van der Waals surface area contributed by atoms with E-state index in [4.69, 9.17) is 0 Å². The van der Waals surface area contributed by atoms with Crippen molar-refractivity contribution < 1.29 is 4.52 Å². The van der Waals surface area contributed by atoms with Crippen molar-refractivity contribution in [2.24, 2.45) is 7.05 Å². The van der Waals surface area contributed by atoms with Gasteiger partial charge in [0, 0.05) is 13.2 Å². The molecule has 4 heteroatoms. The van der Waals surface area contributed by atoms with Crippen molar-refractivity contribution in [2.75, 3.05) is 0 Å². The lowest BCUT2D eigenvalue weighted by Gasteiger charge is -1.83. The second-order valence-corrected chi connectivity index (χ2v) is 2.34. The van der Waals surface area contributed by atoms with Gasteiger partial charge >= 0.3 is 0 Å². The largest absolute Gasteiger partial charge is 0.364 e. The van der Waals surface area contributed by atoms with Crippen molar-refractivity contribution in [1.82, 2.24) is 14.7 Å². The van der Waals surface area contributed by atoms with Gasteiger partial charge in [0.2, 0.25) is 0 Å². The van der Waals surface area contributed by atoms with E-state index in [2.05, 4.69) is 14.7 Å². The Hall–Kier alpha value is -1.58. The van der Waals surface area contributed by atoms with E-state index in [0.29, 0.717) is 0 Å². The van der Waals surface area contributed by atoms with E-state index in [1.54, 1.807) is 18.8 Å². The Kier molecular flexibility index (Phi) is 1.25. The lowest BCUT2D eigenvalue weighted by atomic mass is 10.3. The van der Waals surface area contributed by atoms with E-state index in [1.165, 1.54) is 0 Å². The molecule has 0 bridgehead atoms. The number of aryl methyl sites for hydroxylation is 1. The molecule has 2 aromatic heterocycles. The minimum Gasteiger partial charge on any atom is -0.364 e. The van der Waals surface area contributed by atoms with E-state index in [1.807, 2.05) is 17.8 Å². The Balaban J connectivity index is 2.45. The number of hydrogen-bond acceptors (Lipinski definition) is 3. The zero-order chi connectivity index (χ0) is 7.68. The second-order valence-electron chi connectivity index (χ2n) is 2.34. The van der Waals surface area contributed by atoms with Crippen molar-refractivity contribution in [3.8, 4) is 11.3 Å². The average molecular weight is 149 g/mol. The van der Waals surface area contributed by atoms with Gasteiger partial charge in [-0.05, 0) is 0 Å². The molecule has 0 saturated heterocycles. The van der Waals surface area contributed by atoms with Crippen LogP contribution in [-0.4, -0.2) is 14.7 Å². The first-order chi connectivity index (χ1) is 5.36. The molecule has 0 unspecified atom stereocenters. The lowest BCUT2D eigenvalue weighted by molar-refractivity contribution is 0.420. The van der Waals surface area contributed by atoms with Crippen LogP contribution in [0.15, 0.2) is 29.5 Å². The van der Waals surface area contributed by atoms with Gasteiger partial charge < -0.3 is 9.09 Å². The maximum Gasteiger partial charge on any atom is 0.133 e. The van der Waals surface area contributed by atoms with Crippen LogP contribution in [0.3, 0.4) is 0 Å². The summed E-state index contributed by atoms with van der Waals surface area (Å²) in [5, 5.41) is 3.58. The third-order valence-corrected chi connectivity index (χ3v) is 1.43. The van der Waals surface area contributed by atoms with Gasteiger partial charge in [0.25, 0.3) is 0 Å². The molecular weight excluding hydrogens is 142 g/mol. The van der Waals surface area contributed by atoms with Gasteiger partial charge in [-0.15, -0.1) is 0 Å². The molecule has 0 atom stereocenters. The maximum atomic E-state index is 4.68. The highest BCUT2D eigenvalue weighted by molar-refractivity contribution is 5.54. The lowest BCUT2D eigenvalue weighted by Crippen LogP contribution is -1.77. The predicted octanol–water partition coefficient (Wildman–Crippen LogP) is 1.08. The van der Waals surface area contributed by atoms with Crippen molar-refractivity contribution in [3.05, 3.63) is 25.0 Å². The fourth-order valence-corrected chi connectivity index (χ4v) is 0.893.